The van der Waals surface area contributed by atoms with Crippen LogP contribution in [-0.4, -0.2) is 22.5 Å². The standard InChI is InChI=1S/C18H18N2O2S2/c1-3-22-17(21)10-15-18(13-7-5-4-6-8-13)20-16(24-15)9-14-11-19-12(2)23-14/h4-8,11H,3,9-10H2,1-2H3. The molecule has 24 heavy (non-hydrogen) atoms. The number of hydrogen-bond donors (Lipinski definition) is 0. The predicted octanol–water partition coefficient (Wildman–Crippen LogP) is 4.27. The van der Waals surface area contributed by atoms with Gasteiger partial charge in [0.2, 0.25) is 0 Å². The van der Waals surface area contributed by atoms with Crippen LogP contribution in [0.1, 0.15) is 26.7 Å². The molecule has 4 nitrogen and oxygen atoms in total. The van der Waals surface area contributed by atoms with Crippen LogP contribution in [0, 0.1) is 6.92 Å². The van der Waals surface area contributed by atoms with E-state index >= 15 is 0 Å². The number of rotatable bonds is 6. The van der Waals surface area contributed by atoms with Crippen LogP contribution in [0.2, 0.25) is 0 Å². The van der Waals surface area contributed by atoms with Crippen molar-refractivity contribution in [2.45, 2.75) is 26.7 Å². The summed E-state index contributed by atoms with van der Waals surface area (Å²) in [6, 6.07) is 9.97. The van der Waals surface area contributed by atoms with Gasteiger partial charge in [-0.3, -0.25) is 4.79 Å². The number of carbonyl (C=O) groups excluding carboxylic acids is 1. The highest BCUT2D eigenvalue weighted by atomic mass is 32.1. The lowest BCUT2D eigenvalue weighted by molar-refractivity contribution is -0.142. The van der Waals surface area contributed by atoms with Crippen LogP contribution < -0.4 is 0 Å². The Bertz CT molecular complexity index is 825. The second-order valence-electron chi connectivity index (χ2n) is 5.25. The Morgan fingerprint density at radius 2 is 2.00 bits per heavy atom. The van der Waals surface area contributed by atoms with Gasteiger partial charge in [0.05, 0.1) is 28.7 Å². The van der Waals surface area contributed by atoms with E-state index in [9.17, 15) is 4.79 Å². The Balaban J connectivity index is 1.91. The van der Waals surface area contributed by atoms with E-state index < -0.39 is 0 Å². The second-order valence-corrected chi connectivity index (χ2v) is 7.74. The zero-order valence-electron chi connectivity index (χ0n) is 13.6. The fourth-order valence-electron chi connectivity index (χ4n) is 2.40. The summed E-state index contributed by atoms with van der Waals surface area (Å²) in [5.41, 5.74) is 1.91. The number of hydrogen-bond acceptors (Lipinski definition) is 6. The van der Waals surface area contributed by atoms with Crippen LogP contribution in [0.5, 0.6) is 0 Å². The van der Waals surface area contributed by atoms with Gasteiger partial charge < -0.3 is 4.74 Å². The molecule has 0 aliphatic carbocycles. The SMILES string of the molecule is CCOC(=O)Cc1sc(Cc2cnc(C)s2)nc1-c1ccccc1. The third kappa shape index (κ3) is 4.07. The summed E-state index contributed by atoms with van der Waals surface area (Å²) in [7, 11) is 0. The van der Waals surface area contributed by atoms with Gasteiger partial charge in [0.1, 0.15) is 0 Å². The van der Waals surface area contributed by atoms with E-state index in [2.05, 4.69) is 4.98 Å². The molecule has 0 aliphatic heterocycles. The van der Waals surface area contributed by atoms with Crippen LogP contribution in [0.25, 0.3) is 11.3 Å². The van der Waals surface area contributed by atoms with Crippen LogP contribution in [0.15, 0.2) is 36.5 Å². The highest BCUT2D eigenvalue weighted by molar-refractivity contribution is 7.13. The van der Waals surface area contributed by atoms with Crippen LogP contribution in [-0.2, 0) is 22.4 Å². The van der Waals surface area contributed by atoms with Crippen molar-refractivity contribution < 1.29 is 9.53 Å². The molecule has 0 amide bonds. The van der Waals surface area contributed by atoms with Crippen molar-refractivity contribution in [3.8, 4) is 11.3 Å². The average molecular weight is 358 g/mol. The molecule has 1 aromatic carbocycles. The van der Waals surface area contributed by atoms with Crippen molar-refractivity contribution >= 4 is 28.6 Å². The van der Waals surface area contributed by atoms with Crippen molar-refractivity contribution in [2.24, 2.45) is 0 Å². The first-order chi connectivity index (χ1) is 11.7. The number of nitrogens with zero attached hydrogens (tertiary/aromatic N) is 2. The second kappa shape index (κ2) is 7.68. The van der Waals surface area contributed by atoms with Crippen molar-refractivity contribution in [1.82, 2.24) is 9.97 Å². The van der Waals surface area contributed by atoms with Gasteiger partial charge in [-0.1, -0.05) is 30.3 Å². The molecule has 0 bridgehead atoms. The van der Waals surface area contributed by atoms with Crippen LogP contribution in [0.4, 0.5) is 0 Å². The van der Waals surface area contributed by atoms with Crippen LogP contribution >= 0.6 is 22.7 Å². The summed E-state index contributed by atoms with van der Waals surface area (Å²) < 4.78 is 5.10. The van der Waals surface area contributed by atoms with Gasteiger partial charge in [-0.25, -0.2) is 9.97 Å². The van der Waals surface area contributed by atoms with Crippen molar-refractivity contribution in [3.05, 3.63) is 56.3 Å². The highest BCUT2D eigenvalue weighted by Crippen LogP contribution is 2.31. The smallest absolute Gasteiger partial charge is 0.311 e. The number of ether oxygens (including phenoxy) is 1. The van der Waals surface area contributed by atoms with Gasteiger partial charge in [-0.15, -0.1) is 22.7 Å². The van der Waals surface area contributed by atoms with Gasteiger partial charge in [-0.05, 0) is 13.8 Å². The van der Waals surface area contributed by atoms with Gasteiger partial charge in [0.25, 0.3) is 0 Å². The molecule has 0 saturated heterocycles. The van der Waals surface area contributed by atoms with Crippen LogP contribution in [0.3, 0.4) is 0 Å². The van der Waals surface area contributed by atoms with E-state index in [0.29, 0.717) is 6.61 Å². The maximum atomic E-state index is 11.9. The lowest BCUT2D eigenvalue weighted by Gasteiger charge is -2.02. The monoisotopic (exact) mass is 358 g/mol. The molecule has 3 rings (SSSR count). The van der Waals surface area contributed by atoms with Crippen molar-refractivity contribution in [1.29, 1.82) is 0 Å². The molecular formula is C18H18N2O2S2. The molecule has 0 fully saturated rings. The predicted molar refractivity (Wildman–Crippen MR) is 97.5 cm³/mol. The first kappa shape index (κ1) is 16.8. The third-order valence-corrected chi connectivity index (χ3v) is 5.36. The zero-order valence-corrected chi connectivity index (χ0v) is 15.2. The molecule has 0 radical (unpaired) electrons. The van der Waals surface area contributed by atoms with E-state index in [-0.39, 0.29) is 12.4 Å². The maximum absolute atomic E-state index is 11.9. The molecule has 124 valence electrons. The molecule has 0 aliphatic rings. The number of carbonyl (C=O) groups is 1. The molecule has 0 atom stereocenters. The molecule has 0 unspecified atom stereocenters. The Hall–Kier alpha value is -2.05. The molecule has 3 aromatic rings. The minimum Gasteiger partial charge on any atom is -0.466 e. The summed E-state index contributed by atoms with van der Waals surface area (Å²) in [6.07, 6.45) is 2.91. The maximum Gasteiger partial charge on any atom is 0.311 e. The fourth-order valence-corrected chi connectivity index (χ4v) is 4.39. The van der Waals surface area contributed by atoms with Gasteiger partial charge in [0, 0.05) is 27.9 Å². The Kier molecular flexibility index (Phi) is 5.37. The summed E-state index contributed by atoms with van der Waals surface area (Å²) in [4.78, 5) is 23.1. The number of aryl methyl sites for hydroxylation is 1. The Morgan fingerprint density at radius 1 is 1.21 bits per heavy atom. The minimum absolute atomic E-state index is 0.210. The summed E-state index contributed by atoms with van der Waals surface area (Å²) in [5.74, 6) is -0.210. The van der Waals surface area contributed by atoms with E-state index in [1.54, 1.807) is 22.7 Å². The summed E-state index contributed by atoms with van der Waals surface area (Å²) >= 11 is 3.26. The molecule has 2 heterocycles. The van der Waals surface area contributed by atoms with Gasteiger partial charge >= 0.3 is 5.97 Å². The van der Waals surface area contributed by atoms with E-state index in [4.69, 9.17) is 9.72 Å². The summed E-state index contributed by atoms with van der Waals surface area (Å²) in [6.45, 7) is 4.21. The largest absolute Gasteiger partial charge is 0.466 e. The first-order valence-electron chi connectivity index (χ1n) is 7.76. The molecule has 0 spiro atoms. The fraction of sp³-hybridized carbons (Fsp3) is 0.278. The summed E-state index contributed by atoms with van der Waals surface area (Å²) in [5, 5.41) is 2.05. The number of thiazole rings is 2. The van der Waals surface area contributed by atoms with E-state index in [1.807, 2.05) is 50.4 Å². The average Bonchev–Trinajstić information content (AvgIpc) is 3.15. The number of esters is 1. The topological polar surface area (TPSA) is 52.1 Å². The van der Waals surface area contributed by atoms with E-state index in [0.717, 1.165) is 32.6 Å². The normalized spacial score (nSPS) is 10.8. The van der Waals surface area contributed by atoms with Gasteiger partial charge in [-0.2, -0.15) is 0 Å². The van der Waals surface area contributed by atoms with Gasteiger partial charge in [0.15, 0.2) is 0 Å². The quantitative estimate of drug-likeness (QED) is 0.618. The zero-order chi connectivity index (χ0) is 16.9. The lowest BCUT2D eigenvalue weighted by atomic mass is 10.1. The molecule has 2 aromatic heterocycles. The number of benzene rings is 1. The first-order valence-corrected chi connectivity index (χ1v) is 9.40. The highest BCUT2D eigenvalue weighted by Gasteiger charge is 2.17. The molecule has 6 heteroatoms. The van der Waals surface area contributed by atoms with Crippen molar-refractivity contribution in [3.63, 3.8) is 0 Å². The van der Waals surface area contributed by atoms with Crippen molar-refractivity contribution in [2.75, 3.05) is 6.61 Å². The molecule has 0 N–H and O–H groups in total. The van der Waals surface area contributed by atoms with E-state index in [1.165, 1.54) is 4.88 Å². The molecular weight excluding hydrogens is 340 g/mol. The molecule has 0 saturated carbocycles. The third-order valence-electron chi connectivity index (χ3n) is 3.39. The number of aromatic nitrogens is 2. The minimum atomic E-state index is -0.210. The Labute approximate surface area is 149 Å². The Morgan fingerprint density at radius 3 is 2.67 bits per heavy atom. The lowest BCUT2D eigenvalue weighted by Crippen LogP contribution is -2.07.